The lowest BCUT2D eigenvalue weighted by molar-refractivity contribution is 0.160. The summed E-state index contributed by atoms with van der Waals surface area (Å²) < 4.78 is 12.3. The third-order valence-corrected chi connectivity index (χ3v) is 3.69. The third kappa shape index (κ3) is 13.2. The van der Waals surface area contributed by atoms with Crippen LogP contribution in [0.15, 0.2) is 0 Å². The van der Waals surface area contributed by atoms with Gasteiger partial charge >= 0.3 is 0 Å². The zero-order valence-corrected chi connectivity index (χ0v) is 15.7. The lowest BCUT2D eigenvalue weighted by Gasteiger charge is -2.31. The summed E-state index contributed by atoms with van der Waals surface area (Å²) in [6.07, 6.45) is 0.943. The molecule has 0 aromatic carbocycles. The van der Waals surface area contributed by atoms with Gasteiger partial charge in [-0.1, -0.05) is 34.6 Å². The minimum Gasteiger partial charge on any atom is -0.306 e. The largest absolute Gasteiger partial charge is 0.306 e. The molecule has 0 aliphatic carbocycles. The Labute approximate surface area is 133 Å². The SMILES string of the molecule is CC.CC.CCN1CCN(C)CC1.CN1CCC(F)CC1. The standard InChI is InChI=1S/C7H16N2.C6H12FN.2C2H6/c1-3-9-6-4-8(2)5-7-9;1-8-4-2-6(7)3-5-8;2*1-2/h3-7H2,1-2H3;6H,2-5H2,1H3;2*1-2H3. The van der Waals surface area contributed by atoms with Gasteiger partial charge in [-0.25, -0.2) is 4.39 Å². The van der Waals surface area contributed by atoms with E-state index in [-0.39, 0.29) is 0 Å². The summed E-state index contributed by atoms with van der Waals surface area (Å²) in [7, 11) is 4.22. The van der Waals surface area contributed by atoms with E-state index in [2.05, 4.69) is 28.7 Å². The van der Waals surface area contributed by atoms with E-state index in [0.717, 1.165) is 25.9 Å². The normalized spacial score (nSPS) is 21.1. The fourth-order valence-corrected chi connectivity index (χ4v) is 2.14. The Hall–Kier alpha value is -0.190. The summed E-state index contributed by atoms with van der Waals surface area (Å²) >= 11 is 0. The van der Waals surface area contributed by atoms with Gasteiger partial charge < -0.3 is 14.7 Å². The number of alkyl halides is 1. The van der Waals surface area contributed by atoms with Crippen LogP contribution in [0.3, 0.4) is 0 Å². The molecule has 0 amide bonds. The second kappa shape index (κ2) is 16.2. The average molecular weight is 306 g/mol. The maximum atomic E-state index is 12.3. The van der Waals surface area contributed by atoms with Gasteiger partial charge in [-0.15, -0.1) is 0 Å². The predicted octanol–water partition coefficient (Wildman–Crippen LogP) is 3.36. The van der Waals surface area contributed by atoms with Crippen LogP contribution in [-0.2, 0) is 0 Å². The summed E-state index contributed by atoms with van der Waals surface area (Å²) in [5, 5.41) is 0. The number of hydrogen-bond acceptors (Lipinski definition) is 3. The minimum atomic E-state index is -0.522. The van der Waals surface area contributed by atoms with Crippen LogP contribution in [-0.4, -0.2) is 80.8 Å². The van der Waals surface area contributed by atoms with Crippen molar-refractivity contribution in [3.63, 3.8) is 0 Å². The van der Waals surface area contributed by atoms with Gasteiger partial charge in [0.15, 0.2) is 0 Å². The number of piperidine rings is 1. The number of nitrogens with zero attached hydrogens (tertiary/aromatic N) is 3. The van der Waals surface area contributed by atoms with Crippen molar-refractivity contribution in [2.45, 2.75) is 53.6 Å². The molecule has 4 heteroatoms. The van der Waals surface area contributed by atoms with Crippen LogP contribution in [0.25, 0.3) is 0 Å². The van der Waals surface area contributed by atoms with Gasteiger partial charge in [-0.2, -0.15) is 0 Å². The van der Waals surface area contributed by atoms with Gasteiger partial charge in [0.25, 0.3) is 0 Å². The number of piperazine rings is 1. The zero-order valence-electron chi connectivity index (χ0n) is 15.7. The minimum absolute atomic E-state index is 0.522. The molecule has 2 saturated heterocycles. The number of likely N-dealkylation sites (tertiary alicyclic amines) is 1. The highest BCUT2D eigenvalue weighted by Crippen LogP contribution is 2.10. The van der Waals surface area contributed by atoms with Crippen molar-refractivity contribution in [2.24, 2.45) is 0 Å². The number of likely N-dealkylation sites (N-methyl/N-ethyl adjacent to an activating group) is 2. The highest BCUT2D eigenvalue weighted by molar-refractivity contribution is 4.68. The Bertz CT molecular complexity index is 176. The van der Waals surface area contributed by atoms with Crippen LogP contribution in [0.2, 0.25) is 0 Å². The van der Waals surface area contributed by atoms with E-state index < -0.39 is 6.17 Å². The smallest absolute Gasteiger partial charge is 0.103 e. The van der Waals surface area contributed by atoms with Crippen LogP contribution in [0.5, 0.6) is 0 Å². The highest BCUT2D eigenvalue weighted by atomic mass is 19.1. The first-order valence-corrected chi connectivity index (χ1v) is 8.85. The maximum absolute atomic E-state index is 12.3. The molecule has 0 bridgehead atoms. The molecule has 0 atom stereocenters. The van der Waals surface area contributed by atoms with Gasteiger partial charge in [0, 0.05) is 39.3 Å². The summed E-state index contributed by atoms with van der Waals surface area (Å²) in [6.45, 7) is 18.3. The fraction of sp³-hybridized carbons (Fsp3) is 1.00. The van der Waals surface area contributed by atoms with Crippen LogP contribution < -0.4 is 0 Å². The molecule has 21 heavy (non-hydrogen) atoms. The molecule has 0 saturated carbocycles. The second-order valence-corrected chi connectivity index (χ2v) is 5.22. The molecular formula is C17H40FN3. The van der Waals surface area contributed by atoms with Crippen molar-refractivity contribution in [2.75, 3.05) is 59.9 Å². The quantitative estimate of drug-likeness (QED) is 0.735. The molecule has 2 rings (SSSR count). The first-order valence-electron chi connectivity index (χ1n) is 8.85. The summed E-state index contributed by atoms with van der Waals surface area (Å²) in [6, 6.07) is 0. The van der Waals surface area contributed by atoms with E-state index in [1.165, 1.54) is 32.7 Å². The zero-order chi connectivity index (χ0) is 16.7. The molecule has 130 valence electrons. The van der Waals surface area contributed by atoms with E-state index in [0.29, 0.717) is 0 Å². The van der Waals surface area contributed by atoms with Crippen LogP contribution in [0.1, 0.15) is 47.5 Å². The summed E-state index contributed by atoms with van der Waals surface area (Å²) in [5.74, 6) is 0. The molecule has 2 fully saturated rings. The van der Waals surface area contributed by atoms with Crippen LogP contribution >= 0.6 is 0 Å². The lowest BCUT2D eigenvalue weighted by Crippen LogP contribution is -2.44. The molecule has 0 unspecified atom stereocenters. The van der Waals surface area contributed by atoms with Crippen molar-refractivity contribution >= 4 is 0 Å². The Morgan fingerprint density at radius 1 is 0.762 bits per heavy atom. The Morgan fingerprint density at radius 3 is 1.48 bits per heavy atom. The first-order chi connectivity index (χ1) is 10.1. The average Bonchev–Trinajstić information content (AvgIpc) is 2.55. The Kier molecular flexibility index (Phi) is 17.8. The molecular weight excluding hydrogens is 265 g/mol. The van der Waals surface area contributed by atoms with E-state index in [9.17, 15) is 4.39 Å². The molecule has 0 radical (unpaired) electrons. The van der Waals surface area contributed by atoms with Crippen molar-refractivity contribution in [1.29, 1.82) is 0 Å². The molecule has 0 spiro atoms. The summed E-state index contributed by atoms with van der Waals surface area (Å²) in [4.78, 5) is 7.03. The monoisotopic (exact) mass is 305 g/mol. The molecule has 2 aliphatic heterocycles. The van der Waals surface area contributed by atoms with Crippen LogP contribution in [0.4, 0.5) is 4.39 Å². The molecule has 3 nitrogen and oxygen atoms in total. The Balaban J connectivity index is 0. The third-order valence-electron chi connectivity index (χ3n) is 3.69. The Morgan fingerprint density at radius 2 is 1.14 bits per heavy atom. The van der Waals surface area contributed by atoms with Crippen molar-refractivity contribution < 1.29 is 4.39 Å². The number of hydrogen-bond donors (Lipinski definition) is 0. The molecule has 2 heterocycles. The molecule has 0 aromatic rings. The van der Waals surface area contributed by atoms with Crippen LogP contribution in [0, 0.1) is 0 Å². The number of halogens is 1. The van der Waals surface area contributed by atoms with Gasteiger partial charge in [0.2, 0.25) is 0 Å². The second-order valence-electron chi connectivity index (χ2n) is 5.22. The van der Waals surface area contributed by atoms with E-state index in [4.69, 9.17) is 0 Å². The highest BCUT2D eigenvalue weighted by Gasteiger charge is 2.14. The van der Waals surface area contributed by atoms with Gasteiger partial charge in [0.05, 0.1) is 0 Å². The topological polar surface area (TPSA) is 9.72 Å². The van der Waals surface area contributed by atoms with E-state index in [1.54, 1.807) is 0 Å². The fourth-order valence-electron chi connectivity index (χ4n) is 2.14. The first kappa shape index (κ1) is 23.1. The molecule has 2 aliphatic rings. The van der Waals surface area contributed by atoms with Crippen molar-refractivity contribution in [3.8, 4) is 0 Å². The van der Waals surface area contributed by atoms with Gasteiger partial charge in [-0.3, -0.25) is 0 Å². The van der Waals surface area contributed by atoms with E-state index in [1.807, 2.05) is 34.7 Å². The lowest BCUT2D eigenvalue weighted by atomic mass is 10.1. The van der Waals surface area contributed by atoms with Gasteiger partial charge in [0.1, 0.15) is 6.17 Å². The molecule has 0 aromatic heterocycles. The van der Waals surface area contributed by atoms with E-state index >= 15 is 0 Å². The van der Waals surface area contributed by atoms with Crippen molar-refractivity contribution in [3.05, 3.63) is 0 Å². The maximum Gasteiger partial charge on any atom is 0.103 e. The predicted molar refractivity (Wildman–Crippen MR) is 93.9 cm³/mol. The molecule has 0 N–H and O–H groups in total. The summed E-state index contributed by atoms with van der Waals surface area (Å²) in [5.41, 5.74) is 0. The van der Waals surface area contributed by atoms with Gasteiger partial charge in [-0.05, 0) is 33.5 Å². The van der Waals surface area contributed by atoms with Crippen molar-refractivity contribution in [1.82, 2.24) is 14.7 Å². The number of rotatable bonds is 1.